The van der Waals surface area contributed by atoms with Crippen LogP contribution in [0.2, 0.25) is 5.15 Å². The topological polar surface area (TPSA) is 67.2 Å². The normalized spacial score (nSPS) is 20.1. The number of carbonyl (C=O) groups is 1. The van der Waals surface area contributed by atoms with Crippen molar-refractivity contribution in [3.05, 3.63) is 57.9 Å². The first-order chi connectivity index (χ1) is 12.9. The lowest BCUT2D eigenvalue weighted by atomic mass is 9.93. The first-order valence-electron chi connectivity index (χ1n) is 9.37. The molecule has 0 bridgehead atoms. The first kappa shape index (κ1) is 19.6. The highest BCUT2D eigenvalue weighted by Gasteiger charge is 2.20. The predicted octanol–water partition coefficient (Wildman–Crippen LogP) is 3.63. The van der Waals surface area contributed by atoms with Crippen LogP contribution in [0.25, 0.3) is 6.08 Å². The number of carbonyl (C=O) groups excluding carboxylic acids is 1. The van der Waals surface area contributed by atoms with Gasteiger partial charge in [-0.15, -0.1) is 0 Å². The average molecular weight is 388 g/mol. The van der Waals surface area contributed by atoms with Gasteiger partial charge in [-0.25, -0.2) is 4.68 Å². The molecule has 0 spiro atoms. The van der Waals surface area contributed by atoms with E-state index < -0.39 is 0 Å². The lowest BCUT2D eigenvalue weighted by molar-refractivity contribution is -0.117. The maximum Gasteiger partial charge on any atom is 0.244 e. The van der Waals surface area contributed by atoms with E-state index in [4.69, 9.17) is 11.6 Å². The van der Waals surface area contributed by atoms with Crippen LogP contribution in [0.4, 0.5) is 0 Å². The summed E-state index contributed by atoms with van der Waals surface area (Å²) in [6, 6.07) is 8.38. The maximum absolute atomic E-state index is 12.2. The van der Waals surface area contributed by atoms with Crippen molar-refractivity contribution in [2.75, 3.05) is 0 Å². The Morgan fingerprint density at radius 3 is 2.59 bits per heavy atom. The SMILES string of the molecule is Cc1ccc(Cn2nc(C)c(C=CC(=O)NC3CCC(O)CC3)c2Cl)cc1. The number of nitrogens with zero attached hydrogens (tertiary/aromatic N) is 2. The van der Waals surface area contributed by atoms with Crippen molar-refractivity contribution in [1.29, 1.82) is 0 Å². The van der Waals surface area contributed by atoms with Crippen molar-refractivity contribution in [3.63, 3.8) is 0 Å². The predicted molar refractivity (Wildman–Crippen MR) is 108 cm³/mol. The van der Waals surface area contributed by atoms with E-state index >= 15 is 0 Å². The van der Waals surface area contributed by atoms with Gasteiger partial charge in [-0.1, -0.05) is 41.4 Å². The number of hydrogen-bond donors (Lipinski definition) is 2. The van der Waals surface area contributed by atoms with Gasteiger partial charge >= 0.3 is 0 Å². The zero-order chi connectivity index (χ0) is 19.4. The van der Waals surface area contributed by atoms with Gasteiger partial charge in [0.15, 0.2) is 0 Å². The van der Waals surface area contributed by atoms with Crippen molar-refractivity contribution in [3.8, 4) is 0 Å². The number of rotatable bonds is 5. The summed E-state index contributed by atoms with van der Waals surface area (Å²) in [6.07, 6.45) is 6.12. The van der Waals surface area contributed by atoms with E-state index in [0.29, 0.717) is 11.7 Å². The number of amides is 1. The van der Waals surface area contributed by atoms with Gasteiger partial charge in [-0.05, 0) is 51.2 Å². The van der Waals surface area contributed by atoms with Crippen LogP contribution >= 0.6 is 11.6 Å². The molecule has 1 amide bonds. The van der Waals surface area contributed by atoms with Crippen molar-refractivity contribution >= 4 is 23.6 Å². The minimum atomic E-state index is -0.227. The molecule has 0 saturated heterocycles. The summed E-state index contributed by atoms with van der Waals surface area (Å²) in [4.78, 5) is 12.2. The molecule has 27 heavy (non-hydrogen) atoms. The molecule has 0 radical (unpaired) electrons. The monoisotopic (exact) mass is 387 g/mol. The summed E-state index contributed by atoms with van der Waals surface area (Å²) < 4.78 is 1.75. The molecule has 5 nitrogen and oxygen atoms in total. The minimum Gasteiger partial charge on any atom is -0.393 e. The molecule has 0 aliphatic heterocycles. The zero-order valence-electron chi connectivity index (χ0n) is 15.8. The Labute approximate surface area is 165 Å². The number of hydrogen-bond acceptors (Lipinski definition) is 3. The third kappa shape index (κ3) is 5.21. The Bertz CT molecular complexity index is 819. The number of benzene rings is 1. The summed E-state index contributed by atoms with van der Waals surface area (Å²) >= 11 is 6.49. The van der Waals surface area contributed by atoms with Crippen molar-refractivity contribution in [2.24, 2.45) is 0 Å². The Kier molecular flexibility index (Phi) is 6.34. The summed E-state index contributed by atoms with van der Waals surface area (Å²) in [5.74, 6) is -0.141. The quantitative estimate of drug-likeness (QED) is 0.770. The number of aliphatic hydroxyl groups excluding tert-OH is 1. The molecular weight excluding hydrogens is 362 g/mol. The van der Waals surface area contributed by atoms with Crippen LogP contribution in [0.1, 0.15) is 48.1 Å². The molecule has 6 heteroatoms. The number of aliphatic hydroxyl groups is 1. The molecule has 1 aromatic heterocycles. The largest absolute Gasteiger partial charge is 0.393 e. The molecule has 1 heterocycles. The van der Waals surface area contributed by atoms with E-state index in [-0.39, 0.29) is 18.1 Å². The van der Waals surface area contributed by atoms with Gasteiger partial charge in [-0.3, -0.25) is 4.79 Å². The molecule has 1 aromatic carbocycles. The van der Waals surface area contributed by atoms with Crippen LogP contribution < -0.4 is 5.32 Å². The zero-order valence-corrected chi connectivity index (χ0v) is 16.5. The minimum absolute atomic E-state index is 0.131. The van der Waals surface area contributed by atoms with Gasteiger partial charge in [0.1, 0.15) is 5.15 Å². The molecule has 2 N–H and O–H groups in total. The van der Waals surface area contributed by atoms with E-state index in [1.54, 1.807) is 10.8 Å². The van der Waals surface area contributed by atoms with Gasteiger partial charge in [0.05, 0.1) is 18.3 Å². The van der Waals surface area contributed by atoms with Gasteiger partial charge in [0, 0.05) is 17.7 Å². The van der Waals surface area contributed by atoms with E-state index in [0.717, 1.165) is 42.5 Å². The highest BCUT2D eigenvalue weighted by atomic mass is 35.5. The fourth-order valence-corrected chi connectivity index (χ4v) is 3.65. The number of nitrogens with one attached hydrogen (secondary N) is 1. The standard InChI is InChI=1S/C21H26ClN3O2/c1-14-3-5-16(6-4-14)13-25-21(22)19(15(2)24-25)11-12-20(27)23-17-7-9-18(26)10-8-17/h3-6,11-12,17-18,26H,7-10,13H2,1-2H3,(H,23,27). The molecule has 1 aliphatic carbocycles. The number of aromatic nitrogens is 2. The van der Waals surface area contributed by atoms with Crippen LogP contribution in [-0.2, 0) is 11.3 Å². The van der Waals surface area contributed by atoms with Crippen LogP contribution in [0.5, 0.6) is 0 Å². The Morgan fingerprint density at radius 2 is 1.93 bits per heavy atom. The molecule has 144 valence electrons. The number of aryl methyl sites for hydroxylation is 2. The molecule has 0 unspecified atom stereocenters. The Balaban J connectivity index is 1.64. The lowest BCUT2D eigenvalue weighted by Crippen LogP contribution is -2.37. The summed E-state index contributed by atoms with van der Waals surface area (Å²) in [5.41, 5.74) is 3.89. The average Bonchev–Trinajstić information content (AvgIpc) is 2.90. The van der Waals surface area contributed by atoms with E-state index in [9.17, 15) is 9.90 Å². The van der Waals surface area contributed by atoms with Gasteiger partial charge in [0.25, 0.3) is 0 Å². The molecule has 1 saturated carbocycles. The second kappa shape index (κ2) is 8.72. The lowest BCUT2D eigenvalue weighted by Gasteiger charge is -2.25. The van der Waals surface area contributed by atoms with Crippen molar-refractivity contribution in [2.45, 2.75) is 58.2 Å². The Morgan fingerprint density at radius 1 is 1.26 bits per heavy atom. The summed E-state index contributed by atoms with van der Waals surface area (Å²) in [5, 5.41) is 17.6. The van der Waals surface area contributed by atoms with Crippen LogP contribution in [0.3, 0.4) is 0 Å². The molecular formula is C21H26ClN3O2. The highest BCUT2D eigenvalue weighted by molar-refractivity contribution is 6.31. The second-order valence-corrected chi connectivity index (χ2v) is 7.64. The Hall–Kier alpha value is -2.11. The third-order valence-electron chi connectivity index (χ3n) is 5.01. The third-order valence-corrected chi connectivity index (χ3v) is 5.41. The molecule has 2 aromatic rings. The fraction of sp³-hybridized carbons (Fsp3) is 0.429. The molecule has 1 aliphatic rings. The van der Waals surface area contributed by atoms with Gasteiger partial charge in [0.2, 0.25) is 5.91 Å². The van der Waals surface area contributed by atoms with E-state index in [2.05, 4.69) is 41.6 Å². The van der Waals surface area contributed by atoms with E-state index in [1.165, 1.54) is 11.6 Å². The molecule has 1 fully saturated rings. The van der Waals surface area contributed by atoms with Crippen LogP contribution in [-0.4, -0.2) is 32.9 Å². The van der Waals surface area contributed by atoms with Gasteiger partial charge < -0.3 is 10.4 Å². The van der Waals surface area contributed by atoms with Gasteiger partial charge in [-0.2, -0.15) is 5.10 Å². The first-order valence-corrected chi connectivity index (χ1v) is 9.75. The summed E-state index contributed by atoms with van der Waals surface area (Å²) in [7, 11) is 0. The highest BCUT2D eigenvalue weighted by Crippen LogP contribution is 2.23. The number of halogens is 1. The van der Waals surface area contributed by atoms with Crippen LogP contribution in [0.15, 0.2) is 30.3 Å². The van der Waals surface area contributed by atoms with Crippen molar-refractivity contribution in [1.82, 2.24) is 15.1 Å². The smallest absolute Gasteiger partial charge is 0.244 e. The fourth-order valence-electron chi connectivity index (χ4n) is 3.36. The maximum atomic E-state index is 12.2. The molecule has 0 atom stereocenters. The molecule has 3 rings (SSSR count). The summed E-state index contributed by atoms with van der Waals surface area (Å²) in [6.45, 7) is 4.53. The van der Waals surface area contributed by atoms with Crippen molar-refractivity contribution < 1.29 is 9.90 Å². The van der Waals surface area contributed by atoms with E-state index in [1.807, 2.05) is 6.92 Å². The van der Waals surface area contributed by atoms with Crippen LogP contribution in [0, 0.1) is 13.8 Å². The second-order valence-electron chi connectivity index (χ2n) is 7.28.